The average molecular weight is 466 g/mol. The average Bonchev–Trinajstić information content (AvgIpc) is 3.25. The van der Waals surface area contributed by atoms with Crippen molar-refractivity contribution in [3.05, 3.63) is 46.4 Å². The fourth-order valence-corrected chi connectivity index (χ4v) is 3.37. The number of nitrogens with one attached hydrogen (secondary N) is 2. The van der Waals surface area contributed by atoms with Crippen LogP contribution in [0.15, 0.2) is 35.1 Å². The lowest BCUT2D eigenvalue weighted by Gasteiger charge is -2.16. The minimum atomic E-state index is -0.597. The van der Waals surface area contributed by atoms with Crippen LogP contribution >= 0.6 is 15.9 Å². The SMILES string of the molecule is CC(=O)NC[C@H]1CN(c2ccc(C(=N)C[C@@H](C)n3cc(Br)cn3)c(F)c2)C(=O)O1. The van der Waals surface area contributed by atoms with E-state index in [0.717, 1.165) is 4.47 Å². The number of hydrogen-bond donors (Lipinski definition) is 2. The van der Waals surface area contributed by atoms with Crippen molar-refractivity contribution in [2.24, 2.45) is 0 Å². The number of halogens is 2. The molecule has 0 radical (unpaired) electrons. The van der Waals surface area contributed by atoms with Crippen molar-refractivity contribution in [3.8, 4) is 0 Å². The minimum absolute atomic E-state index is 0.115. The quantitative estimate of drug-likeness (QED) is 0.612. The summed E-state index contributed by atoms with van der Waals surface area (Å²) in [5.41, 5.74) is 0.660. The molecule has 10 heteroatoms. The van der Waals surface area contributed by atoms with Gasteiger partial charge in [-0.2, -0.15) is 5.10 Å². The molecule has 0 bridgehead atoms. The van der Waals surface area contributed by atoms with Crippen LogP contribution < -0.4 is 10.2 Å². The topological polar surface area (TPSA) is 100 Å². The molecule has 2 atom stereocenters. The molecule has 1 aliphatic rings. The van der Waals surface area contributed by atoms with Crippen molar-refractivity contribution < 1.29 is 18.7 Å². The largest absolute Gasteiger partial charge is 0.442 e. The molecular weight excluding hydrogens is 445 g/mol. The molecule has 29 heavy (non-hydrogen) atoms. The second-order valence-electron chi connectivity index (χ2n) is 6.89. The number of anilines is 1. The molecular formula is C19H21BrFN5O3. The van der Waals surface area contributed by atoms with E-state index in [0.29, 0.717) is 12.1 Å². The Labute approximate surface area is 175 Å². The number of hydrogen-bond acceptors (Lipinski definition) is 5. The van der Waals surface area contributed by atoms with Crippen LogP contribution in [0.4, 0.5) is 14.9 Å². The van der Waals surface area contributed by atoms with Crippen LogP contribution in [0.3, 0.4) is 0 Å². The Kier molecular flexibility index (Phi) is 6.31. The first-order valence-electron chi connectivity index (χ1n) is 9.04. The normalized spacial score (nSPS) is 17.2. The maximum Gasteiger partial charge on any atom is 0.414 e. The molecule has 0 unspecified atom stereocenters. The molecule has 2 N–H and O–H groups in total. The summed E-state index contributed by atoms with van der Waals surface area (Å²) in [6.07, 6.45) is 2.66. The van der Waals surface area contributed by atoms with Gasteiger partial charge in [0.05, 0.1) is 35.5 Å². The van der Waals surface area contributed by atoms with Gasteiger partial charge in [0.15, 0.2) is 0 Å². The monoisotopic (exact) mass is 465 g/mol. The Morgan fingerprint density at radius 3 is 2.90 bits per heavy atom. The Balaban J connectivity index is 1.67. The first-order chi connectivity index (χ1) is 13.7. The summed E-state index contributed by atoms with van der Waals surface area (Å²) in [4.78, 5) is 24.4. The fourth-order valence-electron chi connectivity index (χ4n) is 3.07. The van der Waals surface area contributed by atoms with Crippen LogP contribution in [0.2, 0.25) is 0 Å². The molecule has 8 nitrogen and oxygen atoms in total. The highest BCUT2D eigenvalue weighted by molar-refractivity contribution is 9.10. The zero-order valence-corrected chi connectivity index (χ0v) is 17.6. The number of benzene rings is 1. The van der Waals surface area contributed by atoms with Crippen LogP contribution in [-0.2, 0) is 9.53 Å². The van der Waals surface area contributed by atoms with Crippen LogP contribution in [0.5, 0.6) is 0 Å². The highest BCUT2D eigenvalue weighted by Gasteiger charge is 2.32. The Hall–Kier alpha value is -2.75. The first kappa shape index (κ1) is 21.0. The third-order valence-corrected chi connectivity index (χ3v) is 4.97. The number of cyclic esters (lactones) is 1. The summed E-state index contributed by atoms with van der Waals surface area (Å²) >= 11 is 3.33. The maximum absolute atomic E-state index is 14.7. The summed E-state index contributed by atoms with van der Waals surface area (Å²) in [7, 11) is 0. The molecule has 2 heterocycles. The standard InChI is InChI=1S/C19H21BrFN5O3/c1-11(26-9-13(20)7-24-26)5-18(22)16-4-3-14(6-17(16)21)25-10-15(29-19(25)28)8-23-12(2)27/h3-4,6-7,9,11,15,22H,5,8,10H2,1-2H3,(H,23,27)/t11-,15+/m1/s1. The van der Waals surface area contributed by atoms with E-state index in [1.807, 2.05) is 6.92 Å². The number of carbonyl (C=O) groups excluding carboxylic acids is 2. The molecule has 1 saturated heterocycles. The van der Waals surface area contributed by atoms with Gasteiger partial charge in [-0.1, -0.05) is 0 Å². The molecule has 1 aliphatic heterocycles. The van der Waals surface area contributed by atoms with Crippen molar-refractivity contribution in [1.29, 1.82) is 5.41 Å². The summed E-state index contributed by atoms with van der Waals surface area (Å²) < 4.78 is 22.4. The molecule has 2 aromatic rings. The predicted octanol–water partition coefficient (Wildman–Crippen LogP) is 3.27. The van der Waals surface area contributed by atoms with Crippen molar-refractivity contribution in [2.45, 2.75) is 32.4 Å². The number of carbonyl (C=O) groups is 2. The lowest BCUT2D eigenvalue weighted by molar-refractivity contribution is -0.119. The van der Waals surface area contributed by atoms with Gasteiger partial charge in [-0.3, -0.25) is 14.4 Å². The molecule has 154 valence electrons. The van der Waals surface area contributed by atoms with Crippen molar-refractivity contribution in [2.75, 3.05) is 18.0 Å². The fraction of sp³-hybridized carbons (Fsp3) is 0.368. The summed E-state index contributed by atoms with van der Waals surface area (Å²) in [6, 6.07) is 4.19. The van der Waals surface area contributed by atoms with Gasteiger partial charge in [0.25, 0.3) is 0 Å². The molecule has 1 fully saturated rings. The molecule has 1 aromatic carbocycles. The van der Waals surface area contributed by atoms with Gasteiger partial charge in [0.1, 0.15) is 11.9 Å². The number of aromatic nitrogens is 2. The van der Waals surface area contributed by atoms with Crippen LogP contribution in [-0.4, -0.2) is 46.7 Å². The van der Waals surface area contributed by atoms with E-state index in [9.17, 15) is 14.0 Å². The number of amides is 2. The minimum Gasteiger partial charge on any atom is -0.442 e. The van der Waals surface area contributed by atoms with Gasteiger partial charge in [0, 0.05) is 30.8 Å². The number of nitrogens with zero attached hydrogens (tertiary/aromatic N) is 3. The van der Waals surface area contributed by atoms with E-state index in [2.05, 4.69) is 26.3 Å². The van der Waals surface area contributed by atoms with Gasteiger partial charge >= 0.3 is 6.09 Å². The second-order valence-corrected chi connectivity index (χ2v) is 7.80. The van der Waals surface area contributed by atoms with Gasteiger partial charge in [-0.05, 0) is 41.1 Å². The zero-order chi connectivity index (χ0) is 21.1. The Bertz CT molecular complexity index is 948. The van der Waals surface area contributed by atoms with Crippen molar-refractivity contribution in [1.82, 2.24) is 15.1 Å². The molecule has 3 rings (SSSR count). The Morgan fingerprint density at radius 1 is 1.52 bits per heavy atom. The van der Waals surface area contributed by atoms with E-state index in [-0.39, 0.29) is 36.3 Å². The van der Waals surface area contributed by atoms with Gasteiger partial charge in [0.2, 0.25) is 5.91 Å². The molecule has 1 aromatic heterocycles. The van der Waals surface area contributed by atoms with Gasteiger partial charge in [-0.25, -0.2) is 9.18 Å². The summed E-state index contributed by atoms with van der Waals surface area (Å²) in [6.45, 7) is 3.68. The zero-order valence-electron chi connectivity index (χ0n) is 16.0. The molecule has 0 saturated carbocycles. The number of rotatable bonds is 7. The third-order valence-electron chi connectivity index (χ3n) is 4.56. The predicted molar refractivity (Wildman–Crippen MR) is 109 cm³/mol. The maximum atomic E-state index is 14.7. The van der Waals surface area contributed by atoms with E-state index < -0.39 is 18.0 Å². The van der Waals surface area contributed by atoms with Crippen molar-refractivity contribution >= 4 is 39.3 Å². The first-order valence-corrected chi connectivity index (χ1v) is 9.83. The summed E-state index contributed by atoms with van der Waals surface area (Å²) in [5, 5.41) is 15.0. The molecule has 0 aliphatic carbocycles. The highest BCUT2D eigenvalue weighted by atomic mass is 79.9. The van der Waals surface area contributed by atoms with Crippen LogP contribution in [0, 0.1) is 11.2 Å². The van der Waals surface area contributed by atoms with E-state index in [1.165, 1.54) is 24.0 Å². The van der Waals surface area contributed by atoms with Crippen LogP contribution in [0.1, 0.15) is 31.9 Å². The molecule has 0 spiro atoms. The van der Waals surface area contributed by atoms with Gasteiger partial charge in [-0.15, -0.1) is 0 Å². The summed E-state index contributed by atoms with van der Waals surface area (Å²) in [5.74, 6) is -0.801. The van der Waals surface area contributed by atoms with Gasteiger partial charge < -0.3 is 15.5 Å². The third kappa shape index (κ3) is 5.00. The highest BCUT2D eigenvalue weighted by Crippen LogP contribution is 2.25. The molecule has 2 amide bonds. The van der Waals surface area contributed by atoms with E-state index in [4.69, 9.17) is 10.1 Å². The lowest BCUT2D eigenvalue weighted by Crippen LogP contribution is -2.33. The van der Waals surface area contributed by atoms with Crippen LogP contribution in [0.25, 0.3) is 0 Å². The van der Waals surface area contributed by atoms with E-state index >= 15 is 0 Å². The smallest absolute Gasteiger partial charge is 0.414 e. The van der Waals surface area contributed by atoms with E-state index in [1.54, 1.807) is 23.1 Å². The lowest BCUT2D eigenvalue weighted by atomic mass is 10.0. The Morgan fingerprint density at radius 2 is 2.28 bits per heavy atom. The van der Waals surface area contributed by atoms with Crippen molar-refractivity contribution in [3.63, 3.8) is 0 Å². The second kappa shape index (κ2) is 8.73. The number of ether oxygens (including phenoxy) is 1.